The second-order valence-electron chi connectivity index (χ2n) is 8.89. The molecular weight excluding hydrogens is 514 g/mol. The van der Waals surface area contributed by atoms with Crippen LogP contribution < -0.4 is 15.4 Å². The Bertz CT molecular complexity index is 1460. The van der Waals surface area contributed by atoms with Crippen LogP contribution in [0.15, 0.2) is 88.8 Å². The van der Waals surface area contributed by atoms with Gasteiger partial charge in [-0.25, -0.2) is 9.89 Å². The van der Waals surface area contributed by atoms with E-state index in [1.54, 1.807) is 18.2 Å². The zero-order valence-electron chi connectivity index (χ0n) is 21.3. The van der Waals surface area contributed by atoms with Gasteiger partial charge in [-0.2, -0.15) is 0 Å². The van der Waals surface area contributed by atoms with E-state index < -0.39 is 6.04 Å². The number of carbonyl (C=O) groups is 3. The number of hydrogen-bond acceptors (Lipinski definition) is 7. The average Bonchev–Trinajstić information content (AvgIpc) is 3.31. The molecule has 0 bridgehead atoms. The Labute approximate surface area is 230 Å². The summed E-state index contributed by atoms with van der Waals surface area (Å²) in [7, 11) is 1.54. The minimum Gasteiger partial charge on any atom is -0.495 e. The third-order valence-corrected chi connectivity index (χ3v) is 7.18. The number of thioether (sulfide) groups is 1. The molecule has 5 rings (SSSR count). The Balaban J connectivity index is 1.25. The summed E-state index contributed by atoms with van der Waals surface area (Å²) in [6, 6.07) is 23.5. The molecule has 0 radical (unpaired) electrons. The first-order valence-corrected chi connectivity index (χ1v) is 13.5. The smallest absolute Gasteiger partial charge is 0.259 e. The highest BCUT2D eigenvalue weighted by Gasteiger charge is 2.41. The molecule has 2 aliphatic heterocycles. The Hall–Kier alpha value is -4.44. The molecule has 1 atom stereocenters. The molecule has 0 aromatic heterocycles. The number of hydrogen-bond donors (Lipinski definition) is 2. The van der Waals surface area contributed by atoms with Gasteiger partial charge in [-0.15, -0.1) is 0 Å². The topological polar surface area (TPSA) is 112 Å². The Morgan fingerprint density at radius 1 is 0.974 bits per heavy atom. The summed E-state index contributed by atoms with van der Waals surface area (Å²) in [4.78, 5) is 49.5. The highest BCUT2D eigenvalue weighted by molar-refractivity contribution is 8.14. The van der Waals surface area contributed by atoms with Gasteiger partial charge >= 0.3 is 0 Å². The van der Waals surface area contributed by atoms with Crippen molar-refractivity contribution < 1.29 is 19.1 Å². The van der Waals surface area contributed by atoms with E-state index in [0.717, 1.165) is 22.9 Å². The number of anilines is 1. The highest BCUT2D eigenvalue weighted by Crippen LogP contribution is 2.34. The third kappa shape index (κ3) is 6.01. The molecule has 2 aliphatic rings. The number of methoxy groups -OCH3 is 1. The molecule has 0 spiro atoms. The van der Waals surface area contributed by atoms with E-state index in [0.29, 0.717) is 34.7 Å². The maximum Gasteiger partial charge on any atom is 0.259 e. The van der Waals surface area contributed by atoms with Crippen LogP contribution in [0.25, 0.3) is 0 Å². The SMILES string of the molecule is COc1ccccc1NC(=O)CSC1=Nc2ccccc2C2=NC(CCC(=O)NCc3ccccc3)C(=O)N12. The van der Waals surface area contributed by atoms with Crippen LogP contribution in [0.3, 0.4) is 0 Å². The molecule has 0 fully saturated rings. The van der Waals surface area contributed by atoms with Crippen LogP contribution in [0.2, 0.25) is 0 Å². The number of rotatable bonds is 9. The first kappa shape index (κ1) is 26.2. The molecule has 2 heterocycles. The number of nitrogens with one attached hydrogen (secondary N) is 2. The summed E-state index contributed by atoms with van der Waals surface area (Å²) in [5.74, 6) is 0.415. The molecule has 0 saturated heterocycles. The lowest BCUT2D eigenvalue weighted by molar-refractivity contribution is -0.125. The first-order chi connectivity index (χ1) is 19.0. The maximum atomic E-state index is 13.4. The van der Waals surface area contributed by atoms with Gasteiger partial charge in [0.1, 0.15) is 17.6 Å². The van der Waals surface area contributed by atoms with Crippen LogP contribution in [0, 0.1) is 0 Å². The lowest BCUT2D eigenvalue weighted by Gasteiger charge is -2.25. The van der Waals surface area contributed by atoms with Gasteiger partial charge < -0.3 is 15.4 Å². The van der Waals surface area contributed by atoms with Crippen molar-refractivity contribution in [2.24, 2.45) is 9.98 Å². The highest BCUT2D eigenvalue weighted by atomic mass is 32.2. The largest absolute Gasteiger partial charge is 0.495 e. The molecule has 1 unspecified atom stereocenters. The van der Waals surface area contributed by atoms with Crippen molar-refractivity contribution in [2.75, 3.05) is 18.2 Å². The van der Waals surface area contributed by atoms with Crippen molar-refractivity contribution in [3.8, 4) is 5.75 Å². The van der Waals surface area contributed by atoms with Crippen molar-refractivity contribution in [3.63, 3.8) is 0 Å². The Morgan fingerprint density at radius 2 is 1.72 bits per heavy atom. The number of para-hydroxylation sites is 3. The zero-order valence-corrected chi connectivity index (χ0v) is 22.1. The van der Waals surface area contributed by atoms with Gasteiger partial charge in [0.25, 0.3) is 5.91 Å². The molecule has 9 nitrogen and oxygen atoms in total. The van der Waals surface area contributed by atoms with E-state index in [1.165, 1.54) is 12.0 Å². The minimum absolute atomic E-state index is 0.0304. The summed E-state index contributed by atoms with van der Waals surface area (Å²) in [6.07, 6.45) is 0.435. The average molecular weight is 542 g/mol. The summed E-state index contributed by atoms with van der Waals surface area (Å²) in [5.41, 5.74) is 2.98. The van der Waals surface area contributed by atoms with E-state index in [9.17, 15) is 14.4 Å². The molecule has 3 amide bonds. The molecule has 0 aliphatic carbocycles. The monoisotopic (exact) mass is 541 g/mol. The number of benzene rings is 3. The fourth-order valence-electron chi connectivity index (χ4n) is 4.30. The summed E-state index contributed by atoms with van der Waals surface area (Å²) in [6.45, 7) is 0.427. The van der Waals surface area contributed by atoms with Crippen LogP contribution in [-0.2, 0) is 20.9 Å². The second-order valence-corrected chi connectivity index (χ2v) is 9.83. The fourth-order valence-corrected chi connectivity index (χ4v) is 5.10. The molecule has 39 heavy (non-hydrogen) atoms. The minimum atomic E-state index is -0.707. The molecule has 10 heteroatoms. The fraction of sp³-hybridized carbons (Fsp3) is 0.207. The lowest BCUT2D eigenvalue weighted by Crippen LogP contribution is -2.41. The first-order valence-electron chi connectivity index (χ1n) is 12.5. The molecule has 0 saturated carbocycles. The molecule has 3 aromatic carbocycles. The van der Waals surface area contributed by atoms with Gasteiger partial charge in [0.2, 0.25) is 11.8 Å². The van der Waals surface area contributed by atoms with Gasteiger partial charge in [0, 0.05) is 18.5 Å². The molecule has 3 aromatic rings. The van der Waals surface area contributed by atoms with Crippen molar-refractivity contribution in [1.82, 2.24) is 10.2 Å². The van der Waals surface area contributed by atoms with E-state index >= 15 is 0 Å². The zero-order chi connectivity index (χ0) is 27.2. The van der Waals surface area contributed by atoms with E-state index in [-0.39, 0.29) is 36.3 Å². The number of ether oxygens (including phenoxy) is 1. The number of fused-ring (bicyclic) bond motifs is 3. The van der Waals surface area contributed by atoms with Crippen molar-refractivity contribution in [1.29, 1.82) is 0 Å². The van der Waals surface area contributed by atoms with Crippen LogP contribution in [0.1, 0.15) is 24.0 Å². The number of nitrogens with zero attached hydrogens (tertiary/aromatic N) is 3. The predicted octanol–water partition coefficient (Wildman–Crippen LogP) is 4.12. The molecule has 198 valence electrons. The van der Waals surface area contributed by atoms with Gasteiger partial charge in [-0.05, 0) is 36.2 Å². The van der Waals surface area contributed by atoms with Crippen molar-refractivity contribution in [2.45, 2.75) is 25.4 Å². The number of amides is 3. The second kappa shape index (κ2) is 12.0. The van der Waals surface area contributed by atoms with Crippen LogP contribution in [0.5, 0.6) is 5.75 Å². The van der Waals surface area contributed by atoms with Gasteiger partial charge in [0.05, 0.1) is 24.2 Å². The molecular formula is C29H27N5O4S. The van der Waals surface area contributed by atoms with Crippen molar-refractivity contribution in [3.05, 3.63) is 90.0 Å². The van der Waals surface area contributed by atoms with Gasteiger partial charge in [-0.1, -0.05) is 66.4 Å². The van der Waals surface area contributed by atoms with Gasteiger partial charge in [0.15, 0.2) is 5.17 Å². The van der Waals surface area contributed by atoms with E-state index in [4.69, 9.17) is 9.73 Å². The summed E-state index contributed by atoms with van der Waals surface area (Å²) < 4.78 is 5.30. The van der Waals surface area contributed by atoms with Crippen LogP contribution in [-0.4, -0.2) is 52.5 Å². The van der Waals surface area contributed by atoms with E-state index in [2.05, 4.69) is 15.6 Å². The normalized spacial score (nSPS) is 15.6. The Morgan fingerprint density at radius 3 is 2.54 bits per heavy atom. The van der Waals surface area contributed by atoms with Crippen LogP contribution in [0.4, 0.5) is 11.4 Å². The van der Waals surface area contributed by atoms with Crippen LogP contribution >= 0.6 is 11.8 Å². The summed E-state index contributed by atoms with van der Waals surface area (Å²) in [5, 5.41) is 6.11. The lowest BCUT2D eigenvalue weighted by atomic mass is 10.1. The van der Waals surface area contributed by atoms with Gasteiger partial charge in [-0.3, -0.25) is 19.4 Å². The predicted molar refractivity (Wildman–Crippen MR) is 152 cm³/mol. The standard InChI is InChI=1S/C29H27N5O4S/c1-38-24-14-8-7-13-22(24)31-26(36)18-39-29-33-21-12-6-5-11-20(21)27-32-23(28(37)34(27)29)15-16-25(35)30-17-19-9-3-2-4-10-19/h2-14,23H,15-18H2,1H3,(H,30,35)(H,31,36). The third-order valence-electron chi connectivity index (χ3n) is 6.24. The van der Waals surface area contributed by atoms with Crippen molar-refractivity contribution >= 4 is 51.9 Å². The quantitative estimate of drug-likeness (QED) is 0.423. The maximum absolute atomic E-state index is 13.4. The Kier molecular flexibility index (Phi) is 8.02. The number of aliphatic imine (C=N–C) groups is 2. The number of carbonyl (C=O) groups excluding carboxylic acids is 3. The van der Waals surface area contributed by atoms with E-state index in [1.807, 2.05) is 60.7 Å². The molecule has 2 N–H and O–H groups in total. The number of amidine groups is 2. The summed E-state index contributed by atoms with van der Waals surface area (Å²) >= 11 is 1.16.